The summed E-state index contributed by atoms with van der Waals surface area (Å²) in [6.07, 6.45) is 2.71. The average Bonchev–Trinajstić information content (AvgIpc) is 2.19. The third kappa shape index (κ3) is 1.32. The van der Waals surface area contributed by atoms with Gasteiger partial charge in [-0.1, -0.05) is 0 Å². The van der Waals surface area contributed by atoms with E-state index in [1.807, 2.05) is 0 Å². The van der Waals surface area contributed by atoms with Crippen LogP contribution < -0.4 is 5.32 Å². The first kappa shape index (κ1) is 8.68. The molecule has 1 aliphatic heterocycles. The lowest BCUT2D eigenvalue weighted by Gasteiger charge is -2.16. The van der Waals surface area contributed by atoms with Crippen molar-refractivity contribution in [1.82, 2.24) is 4.98 Å². The van der Waals surface area contributed by atoms with Gasteiger partial charge in [0.15, 0.2) is 0 Å². The van der Waals surface area contributed by atoms with Crippen molar-refractivity contribution < 1.29 is 14.3 Å². The summed E-state index contributed by atoms with van der Waals surface area (Å²) in [6, 6.07) is 1.76. The Morgan fingerprint density at radius 1 is 1.57 bits per heavy atom. The molecule has 1 N–H and O–H groups in total. The van der Waals surface area contributed by atoms with Gasteiger partial charge in [0.1, 0.15) is 11.4 Å². The molecule has 1 aromatic rings. The lowest BCUT2D eigenvalue weighted by atomic mass is 10.0. The molecule has 1 aromatic heterocycles. The van der Waals surface area contributed by atoms with Crippen molar-refractivity contribution in [3.05, 3.63) is 23.4 Å². The second-order valence-corrected chi connectivity index (χ2v) is 2.84. The Bertz CT molecular complexity index is 390. The number of nitrogens with zero attached hydrogens (tertiary/aromatic N) is 1. The minimum absolute atomic E-state index is 0.266. The number of carbonyl (C=O) groups excluding carboxylic acids is 2. The first-order valence-corrected chi connectivity index (χ1v) is 4.18. The van der Waals surface area contributed by atoms with E-state index in [1.54, 1.807) is 12.3 Å². The molecule has 5 heteroatoms. The maximum absolute atomic E-state index is 11.4. The van der Waals surface area contributed by atoms with Crippen molar-refractivity contribution in [3.8, 4) is 0 Å². The van der Waals surface area contributed by atoms with Crippen molar-refractivity contribution >= 4 is 18.2 Å². The second kappa shape index (κ2) is 3.45. The van der Waals surface area contributed by atoms with Crippen molar-refractivity contribution in [2.45, 2.75) is 6.42 Å². The molecular weight excluding hydrogens is 184 g/mol. The van der Waals surface area contributed by atoms with Gasteiger partial charge in [0, 0.05) is 12.6 Å². The normalized spacial score (nSPS) is 14.1. The number of anilines is 1. The molecule has 0 unspecified atom stereocenters. The maximum Gasteiger partial charge on any atom is 0.342 e. The second-order valence-electron chi connectivity index (χ2n) is 2.84. The average molecular weight is 192 g/mol. The first-order valence-electron chi connectivity index (χ1n) is 4.18. The van der Waals surface area contributed by atoms with Crippen LogP contribution in [0.5, 0.6) is 0 Å². The smallest absolute Gasteiger partial charge is 0.342 e. The minimum atomic E-state index is -0.427. The van der Waals surface area contributed by atoms with Crippen molar-refractivity contribution in [2.24, 2.45) is 0 Å². The van der Waals surface area contributed by atoms with Gasteiger partial charge in [-0.25, -0.2) is 9.78 Å². The third-order valence-corrected chi connectivity index (χ3v) is 2.04. The van der Waals surface area contributed by atoms with Crippen molar-refractivity contribution in [3.63, 3.8) is 0 Å². The summed E-state index contributed by atoms with van der Waals surface area (Å²) < 4.78 is 4.86. The lowest BCUT2D eigenvalue weighted by molar-refractivity contribution is -0.105. The summed E-state index contributed by atoms with van der Waals surface area (Å²) in [7, 11) is 0. The van der Waals surface area contributed by atoms with Crippen LogP contribution in [0.2, 0.25) is 0 Å². The minimum Gasteiger partial charge on any atom is -0.462 e. The largest absolute Gasteiger partial charge is 0.462 e. The molecule has 5 nitrogen and oxygen atoms in total. The van der Waals surface area contributed by atoms with Crippen LogP contribution in [-0.2, 0) is 16.0 Å². The number of rotatable bonds is 2. The Kier molecular flexibility index (Phi) is 2.14. The Balaban J connectivity index is 2.51. The Morgan fingerprint density at radius 2 is 2.43 bits per heavy atom. The Labute approximate surface area is 80.1 Å². The highest BCUT2D eigenvalue weighted by Crippen LogP contribution is 2.22. The Morgan fingerprint density at radius 3 is 3.21 bits per heavy atom. The number of nitrogens with one attached hydrogen (secondary N) is 1. The molecule has 0 atom stereocenters. The number of carbonyl (C=O) groups is 2. The molecule has 1 aliphatic rings. The van der Waals surface area contributed by atoms with E-state index in [-0.39, 0.29) is 5.82 Å². The van der Waals surface area contributed by atoms with Gasteiger partial charge in [-0.15, -0.1) is 0 Å². The van der Waals surface area contributed by atoms with Crippen LogP contribution in [0, 0.1) is 0 Å². The predicted molar refractivity (Wildman–Crippen MR) is 47.9 cm³/mol. The van der Waals surface area contributed by atoms with Gasteiger partial charge in [-0.3, -0.25) is 4.79 Å². The van der Waals surface area contributed by atoms with E-state index in [1.165, 1.54) is 0 Å². The van der Waals surface area contributed by atoms with Crippen LogP contribution in [0.25, 0.3) is 0 Å². The Hall–Kier alpha value is -1.91. The number of hydrogen-bond acceptors (Lipinski definition) is 4. The lowest BCUT2D eigenvalue weighted by Crippen LogP contribution is -2.20. The van der Waals surface area contributed by atoms with Gasteiger partial charge in [0.25, 0.3) is 0 Å². The number of pyridine rings is 1. The standard InChI is InChI=1S/C9H8N2O3/c12-5-11-8-7-6(1-3-10-8)2-4-14-9(7)13/h1,3,5H,2,4H2,(H,10,11,12). The molecule has 0 fully saturated rings. The summed E-state index contributed by atoms with van der Waals surface area (Å²) in [6.45, 7) is 0.385. The van der Waals surface area contributed by atoms with E-state index in [2.05, 4.69) is 10.3 Å². The highest BCUT2D eigenvalue weighted by atomic mass is 16.5. The quantitative estimate of drug-likeness (QED) is 0.542. The van der Waals surface area contributed by atoms with Crippen LogP contribution in [0.1, 0.15) is 15.9 Å². The molecular formula is C9H8N2O3. The number of amides is 1. The fourth-order valence-electron chi connectivity index (χ4n) is 1.43. The zero-order valence-electron chi connectivity index (χ0n) is 7.32. The summed E-state index contributed by atoms with van der Waals surface area (Å²) in [5.41, 5.74) is 1.23. The summed E-state index contributed by atoms with van der Waals surface area (Å²) in [4.78, 5) is 25.5. The van der Waals surface area contributed by atoms with Crippen molar-refractivity contribution in [2.75, 3.05) is 11.9 Å². The molecule has 0 bridgehead atoms. The van der Waals surface area contributed by atoms with Gasteiger partial charge in [0.2, 0.25) is 6.41 Å². The number of esters is 1. The first-order chi connectivity index (χ1) is 6.83. The molecule has 1 amide bonds. The van der Waals surface area contributed by atoms with Crippen LogP contribution in [0.15, 0.2) is 12.3 Å². The maximum atomic E-state index is 11.4. The zero-order chi connectivity index (χ0) is 9.97. The fourth-order valence-corrected chi connectivity index (χ4v) is 1.43. The predicted octanol–water partition coefficient (Wildman–Crippen LogP) is 0.363. The number of ether oxygens (including phenoxy) is 1. The van der Waals surface area contributed by atoms with Gasteiger partial charge in [-0.05, 0) is 11.6 Å². The third-order valence-electron chi connectivity index (χ3n) is 2.04. The van der Waals surface area contributed by atoms with Crippen LogP contribution >= 0.6 is 0 Å². The van der Waals surface area contributed by atoms with Gasteiger partial charge in [-0.2, -0.15) is 0 Å². The van der Waals surface area contributed by atoms with E-state index < -0.39 is 5.97 Å². The van der Waals surface area contributed by atoms with Crippen LogP contribution in [-0.4, -0.2) is 24.0 Å². The molecule has 0 saturated carbocycles. The molecule has 0 radical (unpaired) electrons. The van der Waals surface area contributed by atoms with Crippen LogP contribution in [0.3, 0.4) is 0 Å². The summed E-state index contributed by atoms with van der Waals surface area (Å²) in [5, 5.41) is 2.37. The summed E-state index contributed by atoms with van der Waals surface area (Å²) >= 11 is 0. The van der Waals surface area contributed by atoms with E-state index >= 15 is 0 Å². The molecule has 0 saturated heterocycles. The van der Waals surface area contributed by atoms with Gasteiger partial charge < -0.3 is 10.1 Å². The highest BCUT2D eigenvalue weighted by Gasteiger charge is 2.22. The van der Waals surface area contributed by atoms with E-state index in [4.69, 9.17) is 4.74 Å². The molecule has 72 valence electrons. The van der Waals surface area contributed by atoms with Gasteiger partial charge in [0.05, 0.1) is 6.61 Å². The number of hydrogen-bond donors (Lipinski definition) is 1. The van der Waals surface area contributed by atoms with E-state index in [0.717, 1.165) is 5.56 Å². The molecule has 0 aliphatic carbocycles. The summed E-state index contributed by atoms with van der Waals surface area (Å²) in [5.74, 6) is -0.161. The SMILES string of the molecule is O=CNc1nccc2c1C(=O)OCC2. The fraction of sp³-hybridized carbons (Fsp3) is 0.222. The topological polar surface area (TPSA) is 68.3 Å². The van der Waals surface area contributed by atoms with Crippen LogP contribution in [0.4, 0.5) is 5.82 Å². The number of aromatic nitrogens is 1. The van der Waals surface area contributed by atoms with E-state index in [9.17, 15) is 9.59 Å². The number of cyclic esters (lactones) is 1. The van der Waals surface area contributed by atoms with Gasteiger partial charge >= 0.3 is 5.97 Å². The zero-order valence-corrected chi connectivity index (χ0v) is 7.32. The van der Waals surface area contributed by atoms with E-state index in [0.29, 0.717) is 25.0 Å². The highest BCUT2D eigenvalue weighted by molar-refractivity contribution is 5.98. The molecule has 0 aromatic carbocycles. The monoisotopic (exact) mass is 192 g/mol. The molecule has 14 heavy (non-hydrogen) atoms. The molecule has 2 heterocycles. The molecule has 0 spiro atoms. The van der Waals surface area contributed by atoms with Crippen molar-refractivity contribution in [1.29, 1.82) is 0 Å². The number of fused-ring (bicyclic) bond motifs is 1. The molecule has 2 rings (SSSR count).